The first kappa shape index (κ1) is 11.0. The first-order valence-corrected chi connectivity index (χ1v) is 5.59. The molecular formula is C12H12Cl2O. The Labute approximate surface area is 99.6 Å². The fraction of sp³-hybridized carbons (Fsp3) is 0.333. The summed E-state index contributed by atoms with van der Waals surface area (Å²) >= 11 is 12.0. The Balaban J connectivity index is 2.42. The molecule has 1 aliphatic carbocycles. The third-order valence-corrected chi connectivity index (χ3v) is 3.57. The van der Waals surface area contributed by atoms with E-state index in [0.29, 0.717) is 10.0 Å². The molecule has 0 radical (unpaired) electrons. The second-order valence-corrected chi connectivity index (χ2v) is 4.54. The molecule has 0 amide bonds. The van der Waals surface area contributed by atoms with Crippen molar-refractivity contribution in [3.63, 3.8) is 0 Å². The maximum Gasteiger partial charge on any atom is 0.0646 e. The van der Waals surface area contributed by atoms with E-state index in [1.807, 2.05) is 19.1 Å². The third-order valence-electron chi connectivity index (χ3n) is 2.85. The number of hydrogen-bond donors (Lipinski definition) is 0. The van der Waals surface area contributed by atoms with Gasteiger partial charge in [-0.1, -0.05) is 35.4 Å². The normalized spacial score (nSPS) is 20.4. The summed E-state index contributed by atoms with van der Waals surface area (Å²) in [5.41, 5.74) is 2.33. The van der Waals surface area contributed by atoms with E-state index < -0.39 is 0 Å². The van der Waals surface area contributed by atoms with Gasteiger partial charge in [0.15, 0.2) is 0 Å². The Morgan fingerprint density at radius 1 is 1.27 bits per heavy atom. The summed E-state index contributed by atoms with van der Waals surface area (Å²) in [5.74, 6) is 0.278. The van der Waals surface area contributed by atoms with Crippen molar-refractivity contribution in [1.82, 2.24) is 0 Å². The molecule has 1 aromatic carbocycles. The molecule has 80 valence electrons. The van der Waals surface area contributed by atoms with Crippen molar-refractivity contribution < 1.29 is 4.74 Å². The van der Waals surface area contributed by atoms with Crippen LogP contribution in [0.5, 0.6) is 0 Å². The van der Waals surface area contributed by atoms with Crippen LogP contribution in [0.15, 0.2) is 18.2 Å². The SMILES string of the molecule is COC(C)C1C=Cc2cc(Cl)c(Cl)cc21. The van der Waals surface area contributed by atoms with Crippen LogP contribution in [-0.2, 0) is 4.74 Å². The van der Waals surface area contributed by atoms with Crippen molar-refractivity contribution in [2.24, 2.45) is 0 Å². The highest BCUT2D eigenvalue weighted by atomic mass is 35.5. The van der Waals surface area contributed by atoms with Gasteiger partial charge in [-0.15, -0.1) is 0 Å². The van der Waals surface area contributed by atoms with Crippen LogP contribution in [0.3, 0.4) is 0 Å². The van der Waals surface area contributed by atoms with Crippen molar-refractivity contribution in [1.29, 1.82) is 0 Å². The maximum absolute atomic E-state index is 6.00. The molecule has 0 N–H and O–H groups in total. The van der Waals surface area contributed by atoms with Gasteiger partial charge in [0.05, 0.1) is 16.1 Å². The summed E-state index contributed by atoms with van der Waals surface area (Å²) in [7, 11) is 1.72. The Morgan fingerprint density at radius 3 is 2.60 bits per heavy atom. The molecular weight excluding hydrogens is 231 g/mol. The quantitative estimate of drug-likeness (QED) is 0.758. The Kier molecular flexibility index (Phi) is 3.06. The number of hydrogen-bond acceptors (Lipinski definition) is 1. The monoisotopic (exact) mass is 242 g/mol. The zero-order valence-electron chi connectivity index (χ0n) is 8.63. The molecule has 1 aromatic rings. The molecule has 0 heterocycles. The molecule has 0 bridgehead atoms. The molecule has 1 nitrogen and oxygen atoms in total. The molecule has 2 rings (SSSR count). The molecule has 0 spiro atoms. The Morgan fingerprint density at radius 2 is 1.93 bits per heavy atom. The summed E-state index contributed by atoms with van der Waals surface area (Å²) in [5, 5.41) is 1.21. The summed E-state index contributed by atoms with van der Waals surface area (Å²) < 4.78 is 5.33. The zero-order chi connectivity index (χ0) is 11.0. The Bertz CT molecular complexity index is 412. The number of ether oxygens (including phenoxy) is 1. The number of methoxy groups -OCH3 is 1. The van der Waals surface area contributed by atoms with Gasteiger partial charge in [0, 0.05) is 13.0 Å². The average molecular weight is 243 g/mol. The number of fused-ring (bicyclic) bond motifs is 1. The lowest BCUT2D eigenvalue weighted by molar-refractivity contribution is 0.107. The minimum atomic E-state index is 0.153. The van der Waals surface area contributed by atoms with Crippen LogP contribution in [0, 0.1) is 0 Å². The number of benzene rings is 1. The lowest BCUT2D eigenvalue weighted by atomic mass is 9.96. The van der Waals surface area contributed by atoms with Crippen LogP contribution in [-0.4, -0.2) is 13.2 Å². The number of halogens is 2. The molecule has 0 aliphatic heterocycles. The highest BCUT2D eigenvalue weighted by Crippen LogP contribution is 2.38. The van der Waals surface area contributed by atoms with Crippen molar-refractivity contribution >= 4 is 29.3 Å². The minimum absolute atomic E-state index is 0.153. The second kappa shape index (κ2) is 4.17. The fourth-order valence-electron chi connectivity index (χ4n) is 1.88. The van der Waals surface area contributed by atoms with Gasteiger partial charge in [-0.25, -0.2) is 0 Å². The molecule has 0 saturated carbocycles. The van der Waals surface area contributed by atoms with Gasteiger partial charge in [-0.3, -0.25) is 0 Å². The van der Waals surface area contributed by atoms with E-state index in [-0.39, 0.29) is 12.0 Å². The average Bonchev–Trinajstić information content (AvgIpc) is 2.61. The summed E-state index contributed by atoms with van der Waals surface area (Å²) in [6, 6.07) is 3.83. The minimum Gasteiger partial charge on any atom is -0.381 e. The van der Waals surface area contributed by atoms with E-state index in [0.717, 1.165) is 5.56 Å². The summed E-state index contributed by atoms with van der Waals surface area (Å²) in [6.07, 6.45) is 4.35. The summed E-state index contributed by atoms with van der Waals surface area (Å²) in [6.45, 7) is 2.05. The van der Waals surface area contributed by atoms with E-state index in [4.69, 9.17) is 27.9 Å². The molecule has 0 aromatic heterocycles. The largest absolute Gasteiger partial charge is 0.381 e. The first-order valence-electron chi connectivity index (χ1n) is 4.83. The van der Waals surface area contributed by atoms with Gasteiger partial charge in [-0.05, 0) is 30.2 Å². The lowest BCUT2D eigenvalue weighted by Gasteiger charge is -2.18. The smallest absolute Gasteiger partial charge is 0.0646 e. The van der Waals surface area contributed by atoms with Crippen LogP contribution in [0.25, 0.3) is 6.08 Å². The van der Waals surface area contributed by atoms with E-state index >= 15 is 0 Å². The number of rotatable bonds is 2. The van der Waals surface area contributed by atoms with Crippen LogP contribution in [0.1, 0.15) is 24.0 Å². The van der Waals surface area contributed by atoms with Crippen molar-refractivity contribution in [3.8, 4) is 0 Å². The van der Waals surface area contributed by atoms with Crippen molar-refractivity contribution in [3.05, 3.63) is 39.4 Å². The van der Waals surface area contributed by atoms with Crippen LogP contribution >= 0.6 is 23.2 Å². The maximum atomic E-state index is 6.00. The molecule has 0 saturated heterocycles. The van der Waals surface area contributed by atoms with Gasteiger partial charge >= 0.3 is 0 Å². The topological polar surface area (TPSA) is 9.23 Å². The molecule has 1 aliphatic rings. The highest BCUT2D eigenvalue weighted by molar-refractivity contribution is 6.42. The Hall–Kier alpha value is -0.500. The zero-order valence-corrected chi connectivity index (χ0v) is 10.1. The molecule has 2 unspecified atom stereocenters. The fourth-order valence-corrected chi connectivity index (χ4v) is 2.22. The van der Waals surface area contributed by atoms with Crippen molar-refractivity contribution in [2.75, 3.05) is 7.11 Å². The van der Waals surface area contributed by atoms with Gasteiger partial charge in [0.25, 0.3) is 0 Å². The van der Waals surface area contributed by atoms with Crippen molar-refractivity contribution in [2.45, 2.75) is 18.9 Å². The van der Waals surface area contributed by atoms with Crippen LogP contribution < -0.4 is 0 Å². The van der Waals surface area contributed by atoms with E-state index in [9.17, 15) is 0 Å². The van der Waals surface area contributed by atoms with Crippen LogP contribution in [0.2, 0.25) is 10.0 Å². The van der Waals surface area contributed by atoms with E-state index in [1.54, 1.807) is 7.11 Å². The van der Waals surface area contributed by atoms with Gasteiger partial charge < -0.3 is 4.74 Å². The summed E-state index contributed by atoms with van der Waals surface area (Å²) in [4.78, 5) is 0. The standard InChI is InChI=1S/C12H12Cl2O/c1-7(15-2)9-4-3-8-5-11(13)12(14)6-10(8)9/h3-7,9H,1-2H3. The highest BCUT2D eigenvalue weighted by Gasteiger charge is 2.23. The predicted molar refractivity (Wildman–Crippen MR) is 64.7 cm³/mol. The molecule has 15 heavy (non-hydrogen) atoms. The molecule has 0 fully saturated rings. The lowest BCUT2D eigenvalue weighted by Crippen LogP contribution is -2.14. The molecule has 3 heteroatoms. The second-order valence-electron chi connectivity index (χ2n) is 3.72. The van der Waals surface area contributed by atoms with E-state index in [1.165, 1.54) is 5.56 Å². The molecule has 2 atom stereocenters. The van der Waals surface area contributed by atoms with Crippen LogP contribution in [0.4, 0.5) is 0 Å². The van der Waals surface area contributed by atoms with Gasteiger partial charge in [0.1, 0.15) is 0 Å². The van der Waals surface area contributed by atoms with Gasteiger partial charge in [0.2, 0.25) is 0 Å². The third kappa shape index (κ3) is 1.92. The first-order chi connectivity index (χ1) is 7.13. The van der Waals surface area contributed by atoms with Gasteiger partial charge in [-0.2, -0.15) is 0 Å². The predicted octanol–water partition coefficient (Wildman–Crippen LogP) is 4.14. The van der Waals surface area contributed by atoms with E-state index in [2.05, 4.69) is 12.2 Å².